The third-order valence-electron chi connectivity index (χ3n) is 5.38. The molecule has 0 atom stereocenters. The summed E-state index contributed by atoms with van der Waals surface area (Å²) >= 11 is 0. The summed E-state index contributed by atoms with van der Waals surface area (Å²) in [6, 6.07) is 1.26. The molecule has 0 radical (unpaired) electrons. The lowest BCUT2D eigenvalue weighted by Gasteiger charge is -2.28. The van der Waals surface area contributed by atoms with Crippen LogP contribution in [0.15, 0.2) is 17.0 Å². The van der Waals surface area contributed by atoms with Crippen LogP contribution in [0.5, 0.6) is 0 Å². The van der Waals surface area contributed by atoms with E-state index in [1.165, 1.54) is 0 Å². The Hall–Kier alpha value is -2.49. The van der Waals surface area contributed by atoms with Gasteiger partial charge >= 0.3 is 5.69 Å². The SMILES string of the molecule is CN1CCCN(S(=O)(=O)c2cc([N+](=O)[O-])cc([N+](=O)[O-])c2N(CCOS(C)(=O)=O)CCOS(C)(=O)=O)CC1. The van der Waals surface area contributed by atoms with E-state index in [0.717, 1.165) is 21.7 Å². The van der Waals surface area contributed by atoms with E-state index in [-0.39, 0.29) is 13.1 Å². The number of nitrogens with zero attached hydrogens (tertiary/aromatic N) is 5. The molecule has 216 valence electrons. The predicted molar refractivity (Wildman–Crippen MR) is 134 cm³/mol. The van der Waals surface area contributed by atoms with E-state index in [4.69, 9.17) is 0 Å². The molecule has 0 bridgehead atoms. The van der Waals surface area contributed by atoms with E-state index in [2.05, 4.69) is 8.37 Å². The summed E-state index contributed by atoms with van der Waals surface area (Å²) in [6.07, 6.45) is 1.94. The van der Waals surface area contributed by atoms with Gasteiger partial charge in [0.15, 0.2) is 0 Å². The Morgan fingerprint density at radius 2 is 1.42 bits per heavy atom. The summed E-state index contributed by atoms with van der Waals surface area (Å²) in [7, 11) is -10.7. The van der Waals surface area contributed by atoms with Crippen LogP contribution < -0.4 is 4.90 Å². The Kier molecular flexibility index (Phi) is 10.5. The first-order chi connectivity index (χ1) is 17.4. The molecular weight excluding hydrogens is 574 g/mol. The van der Waals surface area contributed by atoms with Crippen LogP contribution in [0.1, 0.15) is 6.42 Å². The van der Waals surface area contributed by atoms with Crippen molar-refractivity contribution in [2.24, 2.45) is 0 Å². The second-order valence-corrected chi connectivity index (χ2v) is 13.6. The molecule has 1 aromatic carbocycles. The summed E-state index contributed by atoms with van der Waals surface area (Å²) < 4.78 is 83.8. The van der Waals surface area contributed by atoms with Crippen LogP contribution in [0.25, 0.3) is 0 Å². The van der Waals surface area contributed by atoms with Gasteiger partial charge in [-0.3, -0.25) is 28.6 Å². The Balaban J connectivity index is 2.73. The third-order valence-corrected chi connectivity index (χ3v) is 8.48. The number of non-ortho nitro benzene ring substituents is 1. The number of nitro groups is 2. The summed E-state index contributed by atoms with van der Waals surface area (Å²) in [5.74, 6) is 0. The van der Waals surface area contributed by atoms with Gasteiger partial charge in [0, 0.05) is 38.8 Å². The number of benzene rings is 1. The van der Waals surface area contributed by atoms with Gasteiger partial charge in [-0.05, 0) is 20.0 Å². The van der Waals surface area contributed by atoms with Crippen molar-refractivity contribution >= 4 is 47.3 Å². The van der Waals surface area contributed by atoms with Crippen LogP contribution in [0.2, 0.25) is 0 Å². The van der Waals surface area contributed by atoms with Crippen molar-refractivity contribution in [3.8, 4) is 0 Å². The predicted octanol–water partition coefficient (Wildman–Crippen LogP) is -0.412. The molecule has 1 heterocycles. The van der Waals surface area contributed by atoms with E-state index >= 15 is 0 Å². The minimum absolute atomic E-state index is 0.00312. The van der Waals surface area contributed by atoms with E-state index in [1.807, 2.05) is 4.90 Å². The minimum Gasteiger partial charge on any atom is -0.360 e. The number of likely N-dealkylation sites (N-methyl/N-ethyl adjacent to an activating group) is 1. The average molecular weight is 604 g/mol. The maximum absolute atomic E-state index is 13.8. The van der Waals surface area contributed by atoms with E-state index in [9.17, 15) is 45.5 Å². The largest absolute Gasteiger partial charge is 0.360 e. The molecule has 1 saturated heterocycles. The Morgan fingerprint density at radius 3 is 1.89 bits per heavy atom. The highest BCUT2D eigenvalue weighted by Gasteiger charge is 2.37. The number of anilines is 1. The molecule has 0 N–H and O–H groups in total. The zero-order chi connectivity index (χ0) is 28.9. The summed E-state index contributed by atoms with van der Waals surface area (Å²) in [5, 5.41) is 23.6. The lowest BCUT2D eigenvalue weighted by molar-refractivity contribution is -0.394. The fourth-order valence-electron chi connectivity index (χ4n) is 3.67. The molecule has 0 aromatic heterocycles. The van der Waals surface area contributed by atoms with Gasteiger partial charge in [0.05, 0.1) is 41.6 Å². The van der Waals surface area contributed by atoms with Crippen molar-refractivity contribution < 1.29 is 43.5 Å². The zero-order valence-electron chi connectivity index (χ0n) is 20.9. The number of rotatable bonds is 13. The first kappa shape index (κ1) is 31.7. The average Bonchev–Trinajstić information content (AvgIpc) is 3.00. The van der Waals surface area contributed by atoms with Crippen LogP contribution in [0.3, 0.4) is 0 Å². The second-order valence-electron chi connectivity index (χ2n) is 8.43. The van der Waals surface area contributed by atoms with Crippen LogP contribution in [-0.2, 0) is 38.6 Å². The van der Waals surface area contributed by atoms with Gasteiger partial charge in [-0.1, -0.05) is 0 Å². The van der Waals surface area contributed by atoms with Gasteiger partial charge in [0.2, 0.25) is 10.0 Å². The summed E-state index contributed by atoms with van der Waals surface area (Å²) in [5.41, 5.74) is -2.40. The molecule has 1 fully saturated rings. The molecule has 17 nitrogen and oxygen atoms in total. The molecule has 0 aliphatic carbocycles. The molecule has 1 aromatic rings. The number of nitro benzene ring substituents is 2. The van der Waals surface area contributed by atoms with E-state index < -0.39 is 88.4 Å². The maximum atomic E-state index is 13.8. The van der Waals surface area contributed by atoms with Crippen molar-refractivity contribution in [3.63, 3.8) is 0 Å². The minimum atomic E-state index is -4.57. The van der Waals surface area contributed by atoms with Gasteiger partial charge in [-0.15, -0.1) is 0 Å². The van der Waals surface area contributed by atoms with Gasteiger partial charge in [0.1, 0.15) is 10.6 Å². The first-order valence-electron chi connectivity index (χ1n) is 11.0. The van der Waals surface area contributed by atoms with E-state index in [1.54, 1.807) is 7.05 Å². The van der Waals surface area contributed by atoms with Gasteiger partial charge in [-0.25, -0.2) is 8.42 Å². The van der Waals surface area contributed by atoms with Crippen LogP contribution in [0, 0.1) is 20.2 Å². The number of hydrogen-bond acceptors (Lipinski definition) is 14. The molecule has 0 spiro atoms. The molecule has 20 heteroatoms. The monoisotopic (exact) mass is 603 g/mol. The lowest BCUT2D eigenvalue weighted by Crippen LogP contribution is -2.38. The topological polar surface area (TPSA) is 217 Å². The van der Waals surface area contributed by atoms with Crippen LogP contribution in [-0.4, -0.2) is 116 Å². The van der Waals surface area contributed by atoms with Crippen LogP contribution >= 0.6 is 0 Å². The van der Waals surface area contributed by atoms with Gasteiger partial charge in [0.25, 0.3) is 25.9 Å². The molecule has 1 aliphatic heterocycles. The molecule has 38 heavy (non-hydrogen) atoms. The van der Waals surface area contributed by atoms with Gasteiger partial charge < -0.3 is 9.80 Å². The highest BCUT2D eigenvalue weighted by molar-refractivity contribution is 7.89. The molecule has 0 amide bonds. The zero-order valence-corrected chi connectivity index (χ0v) is 23.3. The highest BCUT2D eigenvalue weighted by Crippen LogP contribution is 2.40. The molecule has 0 saturated carbocycles. The van der Waals surface area contributed by atoms with Crippen molar-refractivity contribution in [1.29, 1.82) is 0 Å². The molecule has 1 aliphatic rings. The van der Waals surface area contributed by atoms with Crippen molar-refractivity contribution in [3.05, 3.63) is 32.4 Å². The Bertz CT molecular complexity index is 1330. The van der Waals surface area contributed by atoms with Crippen molar-refractivity contribution in [2.45, 2.75) is 11.3 Å². The summed E-state index contributed by atoms with van der Waals surface area (Å²) in [6.45, 7) is -1.18. The fraction of sp³-hybridized carbons (Fsp3) is 0.667. The standard InChI is InChI=1S/C18H29N5O12S3/c1-19-5-4-6-21(8-7-19)38(32,33)17-14-15(22(24)25)13-16(23(26)27)18(17)20(9-11-34-36(2,28)29)10-12-35-37(3,30)31/h13-14H,4-12H2,1-3H3. The van der Waals surface area contributed by atoms with Gasteiger partial charge in [-0.2, -0.15) is 21.1 Å². The molecule has 0 unspecified atom stereocenters. The summed E-state index contributed by atoms with van der Waals surface area (Å²) in [4.78, 5) is 23.7. The smallest absolute Gasteiger partial charge is 0.300 e. The van der Waals surface area contributed by atoms with Crippen molar-refractivity contribution in [1.82, 2.24) is 9.21 Å². The van der Waals surface area contributed by atoms with Crippen LogP contribution in [0.4, 0.5) is 17.1 Å². The highest BCUT2D eigenvalue weighted by atomic mass is 32.2. The maximum Gasteiger partial charge on any atom is 0.300 e. The third kappa shape index (κ3) is 9.06. The quantitative estimate of drug-likeness (QED) is 0.159. The first-order valence-corrected chi connectivity index (χ1v) is 16.1. The number of sulfonamides is 1. The molecular formula is C18H29N5O12S3. The normalized spacial score (nSPS) is 16.2. The number of hydrogen-bond donors (Lipinski definition) is 0. The fourth-order valence-corrected chi connectivity index (χ4v) is 6.15. The Morgan fingerprint density at radius 1 is 0.868 bits per heavy atom. The van der Waals surface area contributed by atoms with E-state index in [0.29, 0.717) is 31.6 Å². The second kappa shape index (κ2) is 12.6. The lowest BCUT2D eigenvalue weighted by atomic mass is 10.2. The molecule has 2 rings (SSSR count). The van der Waals surface area contributed by atoms with Crippen molar-refractivity contribution in [2.75, 3.05) is 76.9 Å². The Labute approximate surface area is 220 Å².